The number of aliphatic hydroxyl groups is 1. The molecule has 0 aliphatic rings. The lowest BCUT2D eigenvalue weighted by Crippen LogP contribution is -2.23. The van der Waals surface area contributed by atoms with Gasteiger partial charge in [-0.25, -0.2) is 0 Å². The van der Waals surface area contributed by atoms with Crippen molar-refractivity contribution in [1.29, 1.82) is 0 Å². The Morgan fingerprint density at radius 2 is 2.38 bits per heavy atom. The number of amides is 1. The fourth-order valence-electron chi connectivity index (χ4n) is 1.12. The van der Waals surface area contributed by atoms with Crippen LogP contribution >= 0.6 is 23.4 Å². The lowest BCUT2D eigenvalue weighted by molar-refractivity contribution is -0.115. The molecule has 0 saturated carbocycles. The quantitative estimate of drug-likeness (QED) is 0.854. The van der Waals surface area contributed by atoms with Crippen molar-refractivity contribution >= 4 is 35.0 Å². The number of carbonyl (C=O) groups is 1. The molecule has 1 aromatic rings. The Morgan fingerprint density at radius 3 is 3.00 bits per heavy atom. The van der Waals surface area contributed by atoms with E-state index in [9.17, 15) is 4.79 Å². The van der Waals surface area contributed by atoms with Crippen molar-refractivity contribution in [3.8, 4) is 0 Å². The van der Waals surface area contributed by atoms with Crippen LogP contribution in [0.4, 0.5) is 5.69 Å². The number of rotatable bonds is 5. The summed E-state index contributed by atoms with van der Waals surface area (Å²) in [6, 6.07) is 7.01. The standard InChI is InChI=1S/C11H14ClNO2S/c1-8(16-6-5-14)11(15)13-10-4-2-3-9(12)7-10/h2-4,7-8,14H,5-6H2,1H3,(H,13,15)/t8-/m0/s1. The number of nitrogens with one attached hydrogen (secondary N) is 1. The van der Waals surface area contributed by atoms with E-state index in [0.29, 0.717) is 16.5 Å². The summed E-state index contributed by atoms with van der Waals surface area (Å²) in [5.74, 6) is 0.477. The maximum atomic E-state index is 11.7. The van der Waals surface area contributed by atoms with E-state index in [1.807, 2.05) is 0 Å². The number of hydrogen-bond acceptors (Lipinski definition) is 3. The third-order valence-corrected chi connectivity index (χ3v) is 3.29. The number of hydrogen-bond donors (Lipinski definition) is 2. The third-order valence-electron chi connectivity index (χ3n) is 1.92. The average Bonchev–Trinajstić information content (AvgIpc) is 2.25. The van der Waals surface area contributed by atoms with Crippen LogP contribution in [0.2, 0.25) is 5.02 Å². The van der Waals surface area contributed by atoms with Gasteiger partial charge in [0.1, 0.15) is 0 Å². The van der Waals surface area contributed by atoms with Crippen LogP contribution in [0.3, 0.4) is 0 Å². The molecule has 0 bridgehead atoms. The van der Waals surface area contributed by atoms with Gasteiger partial charge in [0.15, 0.2) is 0 Å². The summed E-state index contributed by atoms with van der Waals surface area (Å²) in [5.41, 5.74) is 0.689. The second kappa shape index (κ2) is 6.78. The Balaban J connectivity index is 2.50. The van der Waals surface area contributed by atoms with Crippen LogP contribution in [0.15, 0.2) is 24.3 Å². The first-order chi connectivity index (χ1) is 7.63. The molecule has 0 aliphatic heterocycles. The molecule has 1 aromatic carbocycles. The molecule has 1 amide bonds. The van der Waals surface area contributed by atoms with Gasteiger partial charge < -0.3 is 10.4 Å². The fraction of sp³-hybridized carbons (Fsp3) is 0.364. The predicted molar refractivity (Wildman–Crippen MR) is 69.1 cm³/mol. The van der Waals surface area contributed by atoms with E-state index in [2.05, 4.69) is 5.32 Å². The van der Waals surface area contributed by atoms with Gasteiger partial charge in [-0.15, -0.1) is 11.8 Å². The largest absolute Gasteiger partial charge is 0.396 e. The zero-order valence-electron chi connectivity index (χ0n) is 8.94. The number of halogens is 1. The SMILES string of the molecule is C[C@H](SCCO)C(=O)Nc1cccc(Cl)c1. The summed E-state index contributed by atoms with van der Waals surface area (Å²) in [5, 5.41) is 11.8. The summed E-state index contributed by atoms with van der Waals surface area (Å²) in [7, 11) is 0. The first-order valence-corrected chi connectivity index (χ1v) is 6.35. The molecule has 2 N–H and O–H groups in total. The number of benzene rings is 1. The highest BCUT2D eigenvalue weighted by Crippen LogP contribution is 2.17. The topological polar surface area (TPSA) is 49.3 Å². The molecule has 1 rings (SSSR count). The van der Waals surface area contributed by atoms with E-state index in [0.717, 1.165) is 0 Å². The van der Waals surface area contributed by atoms with Crippen LogP contribution in [0.5, 0.6) is 0 Å². The van der Waals surface area contributed by atoms with E-state index in [1.165, 1.54) is 11.8 Å². The van der Waals surface area contributed by atoms with Gasteiger partial charge in [-0.1, -0.05) is 17.7 Å². The zero-order valence-corrected chi connectivity index (χ0v) is 10.5. The van der Waals surface area contributed by atoms with Crippen LogP contribution in [0.1, 0.15) is 6.92 Å². The van der Waals surface area contributed by atoms with Crippen LogP contribution in [-0.2, 0) is 4.79 Å². The van der Waals surface area contributed by atoms with Crippen LogP contribution < -0.4 is 5.32 Å². The number of anilines is 1. The number of carbonyl (C=O) groups excluding carboxylic acids is 1. The molecule has 0 fully saturated rings. The number of aliphatic hydroxyl groups excluding tert-OH is 1. The smallest absolute Gasteiger partial charge is 0.237 e. The Bertz CT molecular complexity index is 360. The predicted octanol–water partition coefficient (Wildman–Crippen LogP) is 2.39. The molecule has 88 valence electrons. The van der Waals surface area contributed by atoms with Crippen molar-refractivity contribution in [2.75, 3.05) is 17.7 Å². The molecular formula is C11H14ClNO2S. The molecule has 3 nitrogen and oxygen atoms in total. The summed E-state index contributed by atoms with van der Waals surface area (Å²) in [4.78, 5) is 11.7. The lowest BCUT2D eigenvalue weighted by atomic mass is 10.3. The van der Waals surface area contributed by atoms with Gasteiger partial charge in [0.05, 0.1) is 11.9 Å². The van der Waals surface area contributed by atoms with Gasteiger partial charge in [-0.05, 0) is 25.1 Å². The minimum absolute atomic E-state index is 0.0827. The summed E-state index contributed by atoms with van der Waals surface area (Å²) in [6.45, 7) is 1.89. The van der Waals surface area contributed by atoms with Crippen molar-refractivity contribution in [2.24, 2.45) is 0 Å². The van der Waals surface area contributed by atoms with Gasteiger partial charge in [-0.3, -0.25) is 4.79 Å². The van der Waals surface area contributed by atoms with Crippen molar-refractivity contribution in [2.45, 2.75) is 12.2 Å². The summed E-state index contributed by atoms with van der Waals surface area (Å²) < 4.78 is 0. The Labute approximate surface area is 104 Å². The maximum absolute atomic E-state index is 11.7. The lowest BCUT2D eigenvalue weighted by Gasteiger charge is -2.11. The van der Waals surface area contributed by atoms with Gasteiger partial charge in [-0.2, -0.15) is 0 Å². The van der Waals surface area contributed by atoms with Crippen LogP contribution in [0.25, 0.3) is 0 Å². The van der Waals surface area contributed by atoms with Crippen LogP contribution in [-0.4, -0.2) is 28.6 Å². The fourth-order valence-corrected chi connectivity index (χ4v) is 1.97. The molecule has 0 spiro atoms. The third kappa shape index (κ3) is 4.43. The zero-order chi connectivity index (χ0) is 12.0. The van der Waals surface area contributed by atoms with Gasteiger partial charge in [0.25, 0.3) is 0 Å². The molecule has 0 saturated heterocycles. The molecule has 0 unspecified atom stereocenters. The van der Waals surface area contributed by atoms with E-state index in [-0.39, 0.29) is 17.8 Å². The Morgan fingerprint density at radius 1 is 1.62 bits per heavy atom. The second-order valence-corrected chi connectivity index (χ2v) is 5.12. The van der Waals surface area contributed by atoms with Crippen molar-refractivity contribution in [1.82, 2.24) is 0 Å². The molecular weight excluding hydrogens is 246 g/mol. The van der Waals surface area contributed by atoms with Gasteiger partial charge in [0.2, 0.25) is 5.91 Å². The highest BCUT2D eigenvalue weighted by molar-refractivity contribution is 8.00. The van der Waals surface area contributed by atoms with Crippen molar-refractivity contribution < 1.29 is 9.90 Å². The monoisotopic (exact) mass is 259 g/mol. The van der Waals surface area contributed by atoms with Gasteiger partial charge in [0, 0.05) is 16.5 Å². The molecule has 1 atom stereocenters. The average molecular weight is 260 g/mol. The Kier molecular flexibility index (Phi) is 5.66. The molecule has 0 heterocycles. The number of thioether (sulfide) groups is 1. The summed E-state index contributed by atoms with van der Waals surface area (Å²) >= 11 is 7.21. The molecule has 0 aromatic heterocycles. The van der Waals surface area contributed by atoms with Crippen LogP contribution in [0, 0.1) is 0 Å². The molecule has 0 radical (unpaired) electrons. The van der Waals surface area contributed by atoms with E-state index >= 15 is 0 Å². The van der Waals surface area contributed by atoms with E-state index in [1.54, 1.807) is 31.2 Å². The van der Waals surface area contributed by atoms with Gasteiger partial charge >= 0.3 is 0 Å². The first kappa shape index (κ1) is 13.4. The summed E-state index contributed by atoms with van der Waals surface area (Å²) in [6.07, 6.45) is 0. The van der Waals surface area contributed by atoms with E-state index < -0.39 is 0 Å². The minimum atomic E-state index is -0.189. The van der Waals surface area contributed by atoms with Crippen molar-refractivity contribution in [3.63, 3.8) is 0 Å². The molecule has 5 heteroatoms. The van der Waals surface area contributed by atoms with E-state index in [4.69, 9.17) is 16.7 Å². The molecule has 0 aliphatic carbocycles. The van der Waals surface area contributed by atoms with Crippen molar-refractivity contribution in [3.05, 3.63) is 29.3 Å². The Hall–Kier alpha value is -0.710. The first-order valence-electron chi connectivity index (χ1n) is 4.92. The maximum Gasteiger partial charge on any atom is 0.237 e. The molecule has 16 heavy (non-hydrogen) atoms. The normalized spacial score (nSPS) is 12.2. The highest BCUT2D eigenvalue weighted by atomic mass is 35.5. The minimum Gasteiger partial charge on any atom is -0.396 e. The highest BCUT2D eigenvalue weighted by Gasteiger charge is 2.12. The second-order valence-electron chi connectivity index (χ2n) is 3.24.